The highest BCUT2D eigenvalue weighted by atomic mass is 16.9. The summed E-state index contributed by atoms with van der Waals surface area (Å²) in [5.74, 6) is -2.81. The van der Waals surface area contributed by atoms with Crippen LogP contribution in [-0.2, 0) is 30.4 Å². The van der Waals surface area contributed by atoms with Crippen molar-refractivity contribution >= 4 is 11.9 Å². The van der Waals surface area contributed by atoms with Gasteiger partial charge in [0, 0.05) is 13.8 Å². The lowest BCUT2D eigenvalue weighted by molar-refractivity contribution is -0.350. The van der Waals surface area contributed by atoms with E-state index in [1.54, 1.807) is 6.92 Å². The first-order valence-electron chi connectivity index (χ1n) is 6.04. The SMILES string of the molecule is CCC(OCc1ccccc1)(OC(C)=O)OC(C)=O. The molecular formula is C14H18O5. The van der Waals surface area contributed by atoms with Crippen LogP contribution in [0.5, 0.6) is 0 Å². The third kappa shape index (κ3) is 5.09. The van der Waals surface area contributed by atoms with Crippen molar-refractivity contribution in [2.45, 2.75) is 39.8 Å². The molecule has 0 radical (unpaired) electrons. The molecular weight excluding hydrogens is 248 g/mol. The van der Waals surface area contributed by atoms with Crippen molar-refractivity contribution in [2.24, 2.45) is 0 Å². The molecule has 0 aromatic heterocycles. The van der Waals surface area contributed by atoms with Crippen molar-refractivity contribution in [1.82, 2.24) is 0 Å². The molecule has 0 saturated carbocycles. The maximum Gasteiger partial charge on any atom is 0.375 e. The molecule has 104 valence electrons. The molecule has 0 spiro atoms. The largest absolute Gasteiger partial charge is 0.398 e. The van der Waals surface area contributed by atoms with Gasteiger partial charge in [0.2, 0.25) is 0 Å². The molecule has 5 nitrogen and oxygen atoms in total. The molecule has 5 heteroatoms. The predicted octanol–water partition coefficient (Wildman–Crippen LogP) is 2.39. The summed E-state index contributed by atoms with van der Waals surface area (Å²) >= 11 is 0. The van der Waals surface area contributed by atoms with E-state index in [-0.39, 0.29) is 13.0 Å². The molecule has 1 rings (SSSR count). The van der Waals surface area contributed by atoms with Gasteiger partial charge in [-0.05, 0) is 5.56 Å². The Morgan fingerprint density at radius 3 is 2.00 bits per heavy atom. The zero-order valence-electron chi connectivity index (χ0n) is 11.3. The smallest absolute Gasteiger partial charge is 0.375 e. The van der Waals surface area contributed by atoms with Crippen LogP contribution in [0.3, 0.4) is 0 Å². The number of hydrogen-bond acceptors (Lipinski definition) is 5. The second kappa shape index (κ2) is 6.89. The van der Waals surface area contributed by atoms with Crippen LogP contribution >= 0.6 is 0 Å². The molecule has 1 aromatic rings. The molecule has 1 aromatic carbocycles. The standard InChI is InChI=1S/C14H18O5/c1-4-14(18-11(2)15,19-12(3)16)17-10-13-8-6-5-7-9-13/h5-9H,4,10H2,1-3H3. The van der Waals surface area contributed by atoms with Gasteiger partial charge in [-0.3, -0.25) is 9.59 Å². The average molecular weight is 266 g/mol. The van der Waals surface area contributed by atoms with E-state index in [4.69, 9.17) is 14.2 Å². The Morgan fingerprint density at radius 2 is 1.58 bits per heavy atom. The molecule has 0 saturated heterocycles. The Kier molecular flexibility index (Phi) is 5.51. The highest BCUT2D eigenvalue weighted by Crippen LogP contribution is 2.22. The fourth-order valence-electron chi connectivity index (χ4n) is 1.53. The molecule has 0 aliphatic rings. The number of carbonyl (C=O) groups is 2. The van der Waals surface area contributed by atoms with Gasteiger partial charge in [-0.25, -0.2) is 0 Å². The van der Waals surface area contributed by atoms with E-state index >= 15 is 0 Å². The number of esters is 2. The van der Waals surface area contributed by atoms with Crippen molar-refractivity contribution in [2.75, 3.05) is 0 Å². The van der Waals surface area contributed by atoms with Crippen LogP contribution in [0.1, 0.15) is 32.8 Å². The lowest BCUT2D eigenvalue weighted by Crippen LogP contribution is -2.41. The van der Waals surface area contributed by atoms with E-state index < -0.39 is 17.9 Å². The summed E-state index contributed by atoms with van der Waals surface area (Å²) in [7, 11) is 0. The molecule has 0 bridgehead atoms. The van der Waals surface area contributed by atoms with Crippen LogP contribution in [0.25, 0.3) is 0 Å². The van der Waals surface area contributed by atoms with Crippen molar-refractivity contribution < 1.29 is 23.8 Å². The van der Waals surface area contributed by atoms with Gasteiger partial charge in [0.15, 0.2) is 0 Å². The van der Waals surface area contributed by atoms with Crippen molar-refractivity contribution in [3.05, 3.63) is 35.9 Å². The first kappa shape index (κ1) is 15.2. The monoisotopic (exact) mass is 266 g/mol. The van der Waals surface area contributed by atoms with Gasteiger partial charge in [-0.1, -0.05) is 37.3 Å². The van der Waals surface area contributed by atoms with Gasteiger partial charge in [-0.15, -0.1) is 0 Å². The third-order valence-electron chi connectivity index (χ3n) is 2.33. The van der Waals surface area contributed by atoms with E-state index in [1.165, 1.54) is 13.8 Å². The molecule has 19 heavy (non-hydrogen) atoms. The number of carbonyl (C=O) groups excluding carboxylic acids is 2. The Morgan fingerprint density at radius 1 is 1.05 bits per heavy atom. The Labute approximate surface area is 112 Å². The summed E-state index contributed by atoms with van der Waals surface area (Å²) in [5.41, 5.74) is 0.889. The fraction of sp³-hybridized carbons (Fsp3) is 0.429. The van der Waals surface area contributed by atoms with Crippen LogP contribution < -0.4 is 0 Å². The van der Waals surface area contributed by atoms with E-state index in [9.17, 15) is 9.59 Å². The fourth-order valence-corrected chi connectivity index (χ4v) is 1.53. The van der Waals surface area contributed by atoms with Gasteiger partial charge in [0.1, 0.15) is 0 Å². The summed E-state index contributed by atoms with van der Waals surface area (Å²) in [6, 6.07) is 9.34. The molecule has 0 atom stereocenters. The number of rotatable bonds is 6. The second-order valence-electron chi connectivity index (χ2n) is 4.00. The highest BCUT2D eigenvalue weighted by Gasteiger charge is 2.37. The zero-order valence-corrected chi connectivity index (χ0v) is 11.3. The zero-order chi connectivity index (χ0) is 14.3. The Hall–Kier alpha value is -1.88. The molecule has 0 N–H and O–H groups in total. The molecule has 0 fully saturated rings. The first-order valence-corrected chi connectivity index (χ1v) is 6.04. The summed E-state index contributed by atoms with van der Waals surface area (Å²) in [4.78, 5) is 22.2. The molecule has 0 aliphatic carbocycles. The number of ether oxygens (including phenoxy) is 3. The Bertz CT molecular complexity index is 411. The summed E-state index contributed by atoms with van der Waals surface area (Å²) < 4.78 is 15.5. The third-order valence-corrected chi connectivity index (χ3v) is 2.33. The number of hydrogen-bond donors (Lipinski definition) is 0. The summed E-state index contributed by atoms with van der Waals surface area (Å²) in [6.07, 6.45) is 0.207. The minimum absolute atomic E-state index is 0.176. The van der Waals surface area contributed by atoms with Gasteiger partial charge < -0.3 is 14.2 Å². The van der Waals surface area contributed by atoms with Crippen molar-refractivity contribution in [3.8, 4) is 0 Å². The second-order valence-corrected chi connectivity index (χ2v) is 4.00. The minimum atomic E-state index is -1.66. The van der Waals surface area contributed by atoms with Gasteiger partial charge in [-0.2, -0.15) is 0 Å². The van der Waals surface area contributed by atoms with Crippen molar-refractivity contribution in [1.29, 1.82) is 0 Å². The van der Waals surface area contributed by atoms with Crippen LogP contribution in [0.2, 0.25) is 0 Å². The lowest BCUT2D eigenvalue weighted by Gasteiger charge is -2.30. The maximum absolute atomic E-state index is 11.1. The van der Waals surface area contributed by atoms with Gasteiger partial charge >= 0.3 is 17.9 Å². The predicted molar refractivity (Wildman–Crippen MR) is 67.8 cm³/mol. The summed E-state index contributed by atoms with van der Waals surface area (Å²) in [6.45, 7) is 4.35. The van der Waals surface area contributed by atoms with Crippen molar-refractivity contribution in [3.63, 3.8) is 0 Å². The topological polar surface area (TPSA) is 61.8 Å². The van der Waals surface area contributed by atoms with Gasteiger partial charge in [0.25, 0.3) is 0 Å². The lowest BCUT2D eigenvalue weighted by atomic mass is 10.2. The average Bonchev–Trinajstić information content (AvgIpc) is 2.36. The van der Waals surface area contributed by atoms with Crippen LogP contribution in [0.4, 0.5) is 0 Å². The minimum Gasteiger partial charge on any atom is -0.398 e. The van der Waals surface area contributed by atoms with Crippen LogP contribution in [-0.4, -0.2) is 17.9 Å². The maximum atomic E-state index is 11.1. The highest BCUT2D eigenvalue weighted by molar-refractivity contribution is 5.68. The first-order chi connectivity index (χ1) is 8.97. The number of benzene rings is 1. The molecule has 0 amide bonds. The van der Waals surface area contributed by atoms with Crippen LogP contribution in [0, 0.1) is 0 Å². The Balaban J connectivity index is 2.77. The molecule has 0 heterocycles. The van der Waals surface area contributed by atoms with E-state index in [0.29, 0.717) is 0 Å². The normalized spacial score (nSPS) is 10.9. The summed E-state index contributed by atoms with van der Waals surface area (Å²) in [5, 5.41) is 0. The van der Waals surface area contributed by atoms with E-state index in [1.807, 2.05) is 30.3 Å². The quantitative estimate of drug-likeness (QED) is 0.584. The van der Waals surface area contributed by atoms with Gasteiger partial charge in [0.05, 0.1) is 13.0 Å². The molecule has 0 unspecified atom stereocenters. The molecule has 0 aliphatic heterocycles. The van der Waals surface area contributed by atoms with Crippen LogP contribution in [0.15, 0.2) is 30.3 Å². The van der Waals surface area contributed by atoms with E-state index in [0.717, 1.165) is 5.56 Å². The van der Waals surface area contributed by atoms with E-state index in [2.05, 4.69) is 0 Å².